The Bertz CT molecular complexity index is 371. The van der Waals surface area contributed by atoms with E-state index in [-0.39, 0.29) is 5.97 Å². The van der Waals surface area contributed by atoms with Crippen LogP contribution in [0.5, 0.6) is 0 Å². The van der Waals surface area contributed by atoms with E-state index in [1.165, 1.54) is 11.3 Å². The topological polar surface area (TPSA) is 39.2 Å². The number of halogens is 2. The van der Waals surface area contributed by atoms with Gasteiger partial charge in [0.15, 0.2) is 9.61 Å². The third kappa shape index (κ3) is 3.85. The Morgan fingerprint density at radius 1 is 1.53 bits per heavy atom. The van der Waals surface area contributed by atoms with Crippen molar-refractivity contribution < 1.29 is 9.53 Å². The molecule has 0 unspecified atom stereocenters. The average molecular weight is 357 g/mol. The zero-order valence-corrected chi connectivity index (χ0v) is 12.6. The summed E-state index contributed by atoms with van der Waals surface area (Å²) < 4.78 is 5.94. The summed E-state index contributed by atoms with van der Waals surface area (Å²) in [6.07, 6.45) is 0. The molecule has 1 rings (SSSR count). The summed E-state index contributed by atoms with van der Waals surface area (Å²) in [5.74, 6) is -0.376. The van der Waals surface area contributed by atoms with E-state index in [1.807, 2.05) is 20.8 Å². The second kappa shape index (κ2) is 4.93. The monoisotopic (exact) mass is 355 g/mol. The number of alkyl halides is 1. The van der Waals surface area contributed by atoms with Crippen LogP contribution in [-0.2, 0) is 10.1 Å². The minimum Gasteiger partial charge on any atom is -0.455 e. The fourth-order valence-electron chi connectivity index (χ4n) is 0.900. The van der Waals surface area contributed by atoms with Gasteiger partial charge in [-0.3, -0.25) is 0 Å². The smallest absolute Gasteiger partial charge is 0.358 e. The second-order valence-electron chi connectivity index (χ2n) is 3.87. The summed E-state index contributed by atoms with van der Waals surface area (Å²) in [4.78, 5) is 16.7. The van der Waals surface area contributed by atoms with Gasteiger partial charge < -0.3 is 4.74 Å². The SMILES string of the molecule is CC(C)(C)OC(=O)c1nc(Br)sc1CBr. The lowest BCUT2D eigenvalue weighted by Gasteiger charge is -2.18. The van der Waals surface area contributed by atoms with Crippen LogP contribution in [0.4, 0.5) is 0 Å². The number of ether oxygens (including phenoxy) is 1. The van der Waals surface area contributed by atoms with Gasteiger partial charge in [-0.2, -0.15) is 0 Å². The Kier molecular flexibility index (Phi) is 4.31. The molecule has 1 heterocycles. The molecule has 0 N–H and O–H groups in total. The van der Waals surface area contributed by atoms with Gasteiger partial charge in [0.05, 0.1) is 4.88 Å². The molecule has 0 spiro atoms. The van der Waals surface area contributed by atoms with Crippen LogP contribution < -0.4 is 0 Å². The van der Waals surface area contributed by atoms with Crippen molar-refractivity contribution >= 4 is 49.2 Å². The first-order valence-electron chi connectivity index (χ1n) is 4.28. The second-order valence-corrected chi connectivity index (χ2v) is 6.79. The van der Waals surface area contributed by atoms with Crippen molar-refractivity contribution in [2.75, 3.05) is 0 Å². The van der Waals surface area contributed by atoms with E-state index < -0.39 is 5.60 Å². The molecule has 1 aromatic rings. The van der Waals surface area contributed by atoms with Gasteiger partial charge in [-0.25, -0.2) is 9.78 Å². The van der Waals surface area contributed by atoms with E-state index >= 15 is 0 Å². The largest absolute Gasteiger partial charge is 0.455 e. The number of thiazole rings is 1. The number of carbonyl (C=O) groups is 1. The zero-order chi connectivity index (χ0) is 11.6. The molecule has 0 saturated heterocycles. The molecule has 0 amide bonds. The molecule has 0 radical (unpaired) electrons. The molecule has 0 bridgehead atoms. The van der Waals surface area contributed by atoms with Crippen LogP contribution >= 0.6 is 43.2 Å². The van der Waals surface area contributed by atoms with Crippen molar-refractivity contribution in [3.63, 3.8) is 0 Å². The van der Waals surface area contributed by atoms with Gasteiger partial charge in [-0.15, -0.1) is 11.3 Å². The van der Waals surface area contributed by atoms with E-state index in [1.54, 1.807) is 0 Å². The van der Waals surface area contributed by atoms with Crippen molar-refractivity contribution in [3.05, 3.63) is 14.5 Å². The summed E-state index contributed by atoms with van der Waals surface area (Å²) in [5, 5.41) is 0.602. The minimum absolute atomic E-state index is 0.376. The van der Waals surface area contributed by atoms with Gasteiger partial charge in [0.2, 0.25) is 0 Å². The highest BCUT2D eigenvalue weighted by atomic mass is 79.9. The van der Waals surface area contributed by atoms with Crippen LogP contribution in [0, 0.1) is 0 Å². The lowest BCUT2D eigenvalue weighted by atomic mass is 10.2. The fourth-order valence-corrected chi connectivity index (χ4v) is 2.89. The highest BCUT2D eigenvalue weighted by Crippen LogP contribution is 2.26. The predicted molar refractivity (Wildman–Crippen MR) is 67.6 cm³/mol. The highest BCUT2D eigenvalue weighted by Gasteiger charge is 2.23. The van der Waals surface area contributed by atoms with Crippen molar-refractivity contribution in [3.8, 4) is 0 Å². The van der Waals surface area contributed by atoms with Crippen molar-refractivity contribution in [1.29, 1.82) is 0 Å². The molecule has 0 aliphatic rings. The van der Waals surface area contributed by atoms with Gasteiger partial charge in [-0.05, 0) is 36.7 Å². The molecule has 1 aromatic heterocycles. The standard InChI is InChI=1S/C9H11Br2NO2S/c1-9(2,3)14-7(13)6-5(4-10)15-8(11)12-6/h4H2,1-3H3. The molecule has 0 fully saturated rings. The average Bonchev–Trinajstić information content (AvgIpc) is 2.43. The molecule has 3 nitrogen and oxygen atoms in total. The lowest BCUT2D eigenvalue weighted by Crippen LogP contribution is -2.24. The first-order chi connectivity index (χ1) is 6.83. The van der Waals surface area contributed by atoms with E-state index in [0.29, 0.717) is 14.9 Å². The van der Waals surface area contributed by atoms with E-state index in [9.17, 15) is 4.79 Å². The predicted octanol–water partition coefficient (Wildman–Crippen LogP) is 3.76. The van der Waals surface area contributed by atoms with Crippen LogP contribution in [0.15, 0.2) is 3.92 Å². The quantitative estimate of drug-likeness (QED) is 0.598. The third-order valence-electron chi connectivity index (χ3n) is 1.38. The van der Waals surface area contributed by atoms with E-state index in [0.717, 1.165) is 4.88 Å². The first kappa shape index (κ1) is 13.1. The zero-order valence-electron chi connectivity index (χ0n) is 8.63. The van der Waals surface area contributed by atoms with Crippen LogP contribution in [0.2, 0.25) is 0 Å². The molecule has 15 heavy (non-hydrogen) atoms. The molecule has 84 valence electrons. The molecular weight excluding hydrogens is 346 g/mol. The van der Waals surface area contributed by atoms with Crippen LogP contribution in [0.1, 0.15) is 36.1 Å². The fraction of sp³-hybridized carbons (Fsp3) is 0.556. The van der Waals surface area contributed by atoms with Crippen molar-refractivity contribution in [2.24, 2.45) is 0 Å². The normalized spacial score (nSPS) is 11.5. The van der Waals surface area contributed by atoms with Gasteiger partial charge >= 0.3 is 5.97 Å². The van der Waals surface area contributed by atoms with Crippen molar-refractivity contribution in [2.45, 2.75) is 31.7 Å². The van der Waals surface area contributed by atoms with Crippen LogP contribution in [0.25, 0.3) is 0 Å². The Labute approximate surface area is 109 Å². The number of hydrogen-bond acceptors (Lipinski definition) is 4. The number of nitrogens with zero attached hydrogens (tertiary/aromatic N) is 1. The summed E-state index contributed by atoms with van der Waals surface area (Å²) in [6, 6.07) is 0. The van der Waals surface area contributed by atoms with Gasteiger partial charge in [0, 0.05) is 5.33 Å². The maximum atomic E-state index is 11.7. The third-order valence-corrected chi connectivity index (χ3v) is 3.82. The number of esters is 1. The Balaban J connectivity index is 2.91. The first-order valence-corrected chi connectivity index (χ1v) is 7.01. The lowest BCUT2D eigenvalue weighted by molar-refractivity contribution is 0.00628. The summed E-state index contributed by atoms with van der Waals surface area (Å²) in [5.41, 5.74) is -0.102. The highest BCUT2D eigenvalue weighted by molar-refractivity contribution is 9.11. The number of hydrogen-bond donors (Lipinski definition) is 0. The molecular formula is C9H11Br2NO2S. The van der Waals surface area contributed by atoms with E-state index in [4.69, 9.17) is 4.74 Å². The number of carbonyl (C=O) groups excluding carboxylic acids is 1. The molecule has 0 aliphatic heterocycles. The Morgan fingerprint density at radius 3 is 2.60 bits per heavy atom. The summed E-state index contributed by atoms with van der Waals surface area (Å²) in [6.45, 7) is 5.50. The molecule has 6 heteroatoms. The Hall–Kier alpha value is 0.0600. The van der Waals surface area contributed by atoms with E-state index in [2.05, 4.69) is 36.8 Å². The Morgan fingerprint density at radius 2 is 2.13 bits per heavy atom. The number of aromatic nitrogens is 1. The molecule has 0 aliphatic carbocycles. The maximum Gasteiger partial charge on any atom is 0.358 e. The van der Waals surface area contributed by atoms with Gasteiger partial charge in [0.25, 0.3) is 0 Å². The van der Waals surface area contributed by atoms with Crippen molar-refractivity contribution in [1.82, 2.24) is 4.98 Å². The van der Waals surface area contributed by atoms with Crippen LogP contribution in [-0.4, -0.2) is 16.6 Å². The molecule has 0 atom stereocenters. The van der Waals surface area contributed by atoms with Crippen LogP contribution in [0.3, 0.4) is 0 Å². The number of rotatable bonds is 2. The maximum absolute atomic E-state index is 11.7. The minimum atomic E-state index is -0.489. The summed E-state index contributed by atoms with van der Waals surface area (Å²) >= 11 is 7.99. The van der Waals surface area contributed by atoms with Gasteiger partial charge in [0.1, 0.15) is 5.60 Å². The molecule has 0 aromatic carbocycles. The molecule has 0 saturated carbocycles. The van der Waals surface area contributed by atoms with Gasteiger partial charge in [-0.1, -0.05) is 15.9 Å². The summed E-state index contributed by atoms with van der Waals surface area (Å²) in [7, 11) is 0.